The van der Waals surface area contributed by atoms with Crippen molar-refractivity contribution in [2.75, 3.05) is 24.6 Å². The number of hydrogen-bond acceptors (Lipinski definition) is 5. The Labute approximate surface area is 157 Å². The number of aliphatic carboxylic acids is 1. The van der Waals surface area contributed by atoms with Gasteiger partial charge in [-0.3, -0.25) is 4.79 Å². The third kappa shape index (κ3) is 5.07. The van der Waals surface area contributed by atoms with Crippen LogP contribution in [0.5, 0.6) is 5.75 Å². The number of carboxylic acids is 1. The Morgan fingerprint density at radius 3 is 2.81 bits per heavy atom. The minimum absolute atomic E-state index is 0.216. The van der Waals surface area contributed by atoms with Gasteiger partial charge in [-0.15, -0.1) is 0 Å². The molecule has 7 heteroatoms. The summed E-state index contributed by atoms with van der Waals surface area (Å²) in [6.07, 6.45) is 3.49. The first-order valence-electron chi connectivity index (χ1n) is 8.72. The third-order valence-electron chi connectivity index (χ3n) is 4.20. The molecule has 0 spiro atoms. The highest BCUT2D eigenvalue weighted by atomic mass is 16.5. The van der Waals surface area contributed by atoms with E-state index in [2.05, 4.69) is 16.6 Å². The number of benzene rings is 2. The number of anilines is 1. The van der Waals surface area contributed by atoms with E-state index < -0.39 is 12.6 Å². The Bertz CT molecular complexity index is 851. The van der Waals surface area contributed by atoms with E-state index in [0.717, 1.165) is 25.1 Å². The van der Waals surface area contributed by atoms with Gasteiger partial charge in [-0.1, -0.05) is 30.3 Å². The zero-order valence-corrected chi connectivity index (χ0v) is 14.8. The van der Waals surface area contributed by atoms with Crippen molar-refractivity contribution in [2.45, 2.75) is 12.8 Å². The fourth-order valence-corrected chi connectivity index (χ4v) is 3.02. The van der Waals surface area contributed by atoms with Crippen LogP contribution in [0.3, 0.4) is 0 Å². The van der Waals surface area contributed by atoms with Crippen molar-refractivity contribution in [1.29, 1.82) is 0 Å². The second-order valence-corrected chi connectivity index (χ2v) is 6.17. The number of rotatable bonds is 7. The summed E-state index contributed by atoms with van der Waals surface area (Å²) in [5.41, 5.74) is 5.45. The first-order valence-corrected chi connectivity index (χ1v) is 8.72. The quantitative estimate of drug-likeness (QED) is 0.577. The molecule has 2 aromatic rings. The van der Waals surface area contributed by atoms with Crippen LogP contribution in [-0.2, 0) is 16.0 Å². The van der Waals surface area contributed by atoms with E-state index in [1.54, 1.807) is 24.3 Å². The van der Waals surface area contributed by atoms with Crippen LogP contribution in [0.25, 0.3) is 0 Å². The third-order valence-corrected chi connectivity index (χ3v) is 4.20. The van der Waals surface area contributed by atoms with Gasteiger partial charge < -0.3 is 14.7 Å². The molecule has 1 heterocycles. The number of amides is 1. The largest absolute Gasteiger partial charge is 0.481 e. The molecule has 0 radical (unpaired) electrons. The Balaban J connectivity index is 1.58. The predicted molar refractivity (Wildman–Crippen MR) is 102 cm³/mol. The number of aryl methyl sites for hydroxylation is 1. The summed E-state index contributed by atoms with van der Waals surface area (Å²) in [4.78, 5) is 24.9. The second-order valence-electron chi connectivity index (χ2n) is 6.17. The summed E-state index contributed by atoms with van der Waals surface area (Å²) >= 11 is 0. The molecule has 0 aromatic heterocycles. The molecule has 7 nitrogen and oxygen atoms in total. The topological polar surface area (TPSA) is 91.2 Å². The van der Waals surface area contributed by atoms with Gasteiger partial charge in [-0.25, -0.2) is 10.2 Å². The number of ether oxygens (including phenoxy) is 1. The van der Waals surface area contributed by atoms with E-state index in [9.17, 15) is 9.59 Å². The zero-order valence-electron chi connectivity index (χ0n) is 14.8. The summed E-state index contributed by atoms with van der Waals surface area (Å²) in [6, 6.07) is 15.0. The summed E-state index contributed by atoms with van der Waals surface area (Å²) in [5.74, 6) is -0.883. The summed E-state index contributed by atoms with van der Waals surface area (Å²) in [7, 11) is 0. The van der Waals surface area contributed by atoms with E-state index in [1.807, 2.05) is 23.1 Å². The second kappa shape index (κ2) is 8.84. The predicted octanol–water partition coefficient (Wildman–Crippen LogP) is 2.05. The van der Waals surface area contributed by atoms with Crippen molar-refractivity contribution in [1.82, 2.24) is 5.43 Å². The van der Waals surface area contributed by atoms with Gasteiger partial charge in [0.2, 0.25) is 0 Å². The molecule has 2 aromatic carbocycles. The lowest BCUT2D eigenvalue weighted by atomic mass is 10.0. The molecule has 0 bridgehead atoms. The Hall–Kier alpha value is -3.35. The van der Waals surface area contributed by atoms with E-state index in [0.29, 0.717) is 11.3 Å². The van der Waals surface area contributed by atoms with Crippen LogP contribution < -0.4 is 15.1 Å². The van der Waals surface area contributed by atoms with Crippen LogP contribution in [0.4, 0.5) is 5.69 Å². The zero-order chi connectivity index (χ0) is 19.1. The highest BCUT2D eigenvalue weighted by molar-refractivity contribution is 5.86. The number of nitrogens with one attached hydrogen (secondary N) is 1. The van der Waals surface area contributed by atoms with Crippen LogP contribution in [-0.4, -0.2) is 42.9 Å². The minimum Gasteiger partial charge on any atom is -0.481 e. The van der Waals surface area contributed by atoms with Crippen LogP contribution >= 0.6 is 0 Å². The highest BCUT2D eigenvalue weighted by Gasteiger charge is 2.18. The average Bonchev–Trinajstić information content (AvgIpc) is 2.67. The average molecular weight is 367 g/mol. The Morgan fingerprint density at radius 2 is 1.96 bits per heavy atom. The molecule has 0 unspecified atom stereocenters. The standard InChI is InChI=1S/C20H21N3O4/c24-19(13-23-11-5-8-15-6-1-3-9-17(15)23)22-21-12-16-7-2-4-10-18(16)27-14-20(25)26/h1-4,6-7,9-10,12H,5,8,11,13-14H2,(H,22,24)(H,25,26)/b21-12-. The first kappa shape index (κ1) is 18.4. The monoisotopic (exact) mass is 367 g/mol. The van der Waals surface area contributed by atoms with Gasteiger partial charge in [0.25, 0.3) is 5.91 Å². The van der Waals surface area contributed by atoms with Crippen molar-refractivity contribution >= 4 is 23.8 Å². The van der Waals surface area contributed by atoms with Gasteiger partial charge in [-0.2, -0.15) is 5.10 Å². The van der Waals surface area contributed by atoms with E-state index >= 15 is 0 Å². The van der Waals surface area contributed by atoms with Crippen molar-refractivity contribution in [3.63, 3.8) is 0 Å². The molecule has 0 atom stereocenters. The summed E-state index contributed by atoms with van der Waals surface area (Å²) in [6.45, 7) is 0.622. The molecule has 1 amide bonds. The number of para-hydroxylation sites is 2. The lowest BCUT2D eigenvalue weighted by molar-refractivity contribution is -0.139. The van der Waals surface area contributed by atoms with Gasteiger partial charge in [-0.05, 0) is 36.6 Å². The highest BCUT2D eigenvalue weighted by Crippen LogP contribution is 2.26. The Morgan fingerprint density at radius 1 is 1.19 bits per heavy atom. The summed E-state index contributed by atoms with van der Waals surface area (Å²) in [5, 5.41) is 12.7. The molecule has 0 saturated carbocycles. The molecular formula is C20H21N3O4. The van der Waals surface area contributed by atoms with Gasteiger partial charge in [0.1, 0.15) is 5.75 Å². The van der Waals surface area contributed by atoms with E-state index in [-0.39, 0.29) is 12.5 Å². The number of hydrazone groups is 1. The lowest BCUT2D eigenvalue weighted by Gasteiger charge is -2.30. The maximum Gasteiger partial charge on any atom is 0.341 e. The molecule has 0 aliphatic carbocycles. The number of fused-ring (bicyclic) bond motifs is 1. The first-order chi connectivity index (χ1) is 13.1. The van der Waals surface area contributed by atoms with Crippen molar-refractivity contribution in [3.8, 4) is 5.75 Å². The fourth-order valence-electron chi connectivity index (χ4n) is 3.02. The number of carbonyl (C=O) groups excluding carboxylic acids is 1. The lowest BCUT2D eigenvalue weighted by Crippen LogP contribution is -2.38. The molecule has 140 valence electrons. The molecule has 0 saturated heterocycles. The minimum atomic E-state index is -1.06. The van der Waals surface area contributed by atoms with Crippen LogP contribution in [0.2, 0.25) is 0 Å². The number of nitrogens with zero attached hydrogens (tertiary/aromatic N) is 2. The molecule has 3 rings (SSSR count). The van der Waals surface area contributed by atoms with Crippen molar-refractivity contribution in [3.05, 3.63) is 59.7 Å². The Kier molecular flexibility index (Phi) is 6.04. The smallest absolute Gasteiger partial charge is 0.341 e. The van der Waals surface area contributed by atoms with Crippen LogP contribution in [0.1, 0.15) is 17.5 Å². The van der Waals surface area contributed by atoms with E-state index in [1.165, 1.54) is 11.8 Å². The molecular weight excluding hydrogens is 346 g/mol. The molecule has 1 aliphatic heterocycles. The van der Waals surface area contributed by atoms with Crippen LogP contribution in [0.15, 0.2) is 53.6 Å². The number of hydrogen-bond donors (Lipinski definition) is 2. The van der Waals surface area contributed by atoms with Gasteiger partial charge in [0.05, 0.1) is 12.8 Å². The van der Waals surface area contributed by atoms with Gasteiger partial charge in [0.15, 0.2) is 6.61 Å². The fraction of sp³-hybridized carbons (Fsp3) is 0.250. The van der Waals surface area contributed by atoms with Crippen molar-refractivity contribution < 1.29 is 19.4 Å². The van der Waals surface area contributed by atoms with Gasteiger partial charge >= 0.3 is 5.97 Å². The number of carboxylic acid groups (broad SMARTS) is 1. The number of carbonyl (C=O) groups is 2. The maximum atomic E-state index is 12.2. The normalized spacial score (nSPS) is 13.3. The molecule has 2 N–H and O–H groups in total. The molecule has 1 aliphatic rings. The van der Waals surface area contributed by atoms with Crippen molar-refractivity contribution in [2.24, 2.45) is 5.10 Å². The molecule has 27 heavy (non-hydrogen) atoms. The van der Waals surface area contributed by atoms with Gasteiger partial charge in [0, 0.05) is 17.8 Å². The van der Waals surface area contributed by atoms with Crippen LogP contribution in [0, 0.1) is 0 Å². The van der Waals surface area contributed by atoms with E-state index in [4.69, 9.17) is 9.84 Å². The maximum absolute atomic E-state index is 12.2. The SMILES string of the molecule is O=C(O)COc1ccccc1/C=N\NC(=O)CN1CCCc2ccccc21. The molecule has 0 fully saturated rings. The summed E-state index contributed by atoms with van der Waals surface area (Å²) < 4.78 is 5.20.